The molecule has 53 heavy (non-hydrogen) atoms. The van der Waals surface area contributed by atoms with E-state index in [4.69, 9.17) is 9.47 Å². The predicted molar refractivity (Wildman–Crippen MR) is 191 cm³/mol. The number of ether oxygens (including phenoxy) is 3. The molecule has 7 rings (SSSR count). The number of halogens is 4. The van der Waals surface area contributed by atoms with E-state index >= 15 is 4.39 Å². The highest BCUT2D eigenvalue weighted by atomic mass is 19.3. The molecular formula is C39H38F4N6O4. The average Bonchev–Trinajstić information content (AvgIpc) is 3.82. The van der Waals surface area contributed by atoms with Crippen LogP contribution in [0.15, 0.2) is 97.6 Å². The Morgan fingerprint density at radius 1 is 0.943 bits per heavy atom. The van der Waals surface area contributed by atoms with Gasteiger partial charge in [0.1, 0.15) is 41.4 Å². The molecule has 0 radical (unpaired) electrons. The number of rotatable bonds is 12. The second-order valence-corrected chi connectivity index (χ2v) is 13.2. The Kier molecular flexibility index (Phi) is 10.5. The molecule has 2 fully saturated rings. The summed E-state index contributed by atoms with van der Waals surface area (Å²) in [6.45, 7) is 3.25. The van der Waals surface area contributed by atoms with Gasteiger partial charge in [-0.3, -0.25) is 4.79 Å². The van der Waals surface area contributed by atoms with Gasteiger partial charge in [-0.05, 0) is 91.7 Å². The molecule has 1 N–H and O–H groups in total. The zero-order chi connectivity index (χ0) is 37.0. The lowest BCUT2D eigenvalue weighted by atomic mass is 9.87. The van der Waals surface area contributed by atoms with Gasteiger partial charge >= 0.3 is 6.61 Å². The molecule has 1 aromatic heterocycles. The van der Waals surface area contributed by atoms with Crippen LogP contribution in [-0.4, -0.2) is 66.7 Å². The standard InChI is InChI=1S/C39H38F4N6O4/c1-26-18-32(9-13-36(26)51-21-27-20-39(52-22-27,23-49-25-44-24-45-49)34-12-4-29(40)19-35(34)41)48-16-14-47(15-17-48)31-7-2-28(3-8-31)37(50)46-30-5-10-33(11-6-30)53-38(42)43/h2-13,18-19,24-25,27,38H,14-17,20-23H2,1H3,(H,46,50)/t27-,39+/m1/s1. The van der Waals surface area contributed by atoms with Gasteiger partial charge < -0.3 is 29.3 Å². The maximum atomic E-state index is 15.0. The van der Waals surface area contributed by atoms with Crippen LogP contribution in [0, 0.1) is 24.5 Å². The number of amides is 1. The number of anilines is 3. The minimum Gasteiger partial charge on any atom is -0.493 e. The lowest BCUT2D eigenvalue weighted by Crippen LogP contribution is -2.46. The third-order valence-electron chi connectivity index (χ3n) is 9.63. The summed E-state index contributed by atoms with van der Waals surface area (Å²) in [5.74, 6) is -0.870. The quantitative estimate of drug-likeness (QED) is 0.137. The van der Waals surface area contributed by atoms with E-state index in [-0.39, 0.29) is 29.7 Å². The molecule has 0 spiro atoms. The second-order valence-electron chi connectivity index (χ2n) is 13.2. The zero-order valence-electron chi connectivity index (χ0n) is 28.9. The van der Waals surface area contributed by atoms with Crippen LogP contribution in [0.5, 0.6) is 11.5 Å². The molecule has 2 aliphatic heterocycles. The van der Waals surface area contributed by atoms with Crippen LogP contribution in [0.4, 0.5) is 34.6 Å². The van der Waals surface area contributed by atoms with Crippen LogP contribution in [0.3, 0.4) is 0 Å². The summed E-state index contributed by atoms with van der Waals surface area (Å²) in [6, 6.07) is 22.8. The van der Waals surface area contributed by atoms with Gasteiger partial charge in [-0.1, -0.05) is 6.07 Å². The normalized spacial score (nSPS) is 18.7. The van der Waals surface area contributed by atoms with Gasteiger partial charge in [-0.15, -0.1) is 0 Å². The molecule has 0 unspecified atom stereocenters. The largest absolute Gasteiger partial charge is 0.493 e. The highest BCUT2D eigenvalue weighted by Gasteiger charge is 2.44. The van der Waals surface area contributed by atoms with Crippen molar-refractivity contribution in [2.45, 2.75) is 32.1 Å². The number of nitrogens with zero attached hydrogens (tertiary/aromatic N) is 5. The molecular weight excluding hydrogens is 692 g/mol. The summed E-state index contributed by atoms with van der Waals surface area (Å²) in [7, 11) is 0. The number of benzene rings is 4. The molecule has 10 nitrogen and oxygen atoms in total. The van der Waals surface area contributed by atoms with Crippen LogP contribution in [-0.2, 0) is 16.9 Å². The predicted octanol–water partition coefficient (Wildman–Crippen LogP) is 7.06. The fourth-order valence-electron chi connectivity index (χ4n) is 6.96. The van der Waals surface area contributed by atoms with Crippen molar-refractivity contribution in [3.05, 3.63) is 126 Å². The van der Waals surface area contributed by atoms with E-state index in [1.165, 1.54) is 42.7 Å². The van der Waals surface area contributed by atoms with E-state index in [1.807, 2.05) is 25.1 Å². The molecule has 0 aliphatic carbocycles. The lowest BCUT2D eigenvalue weighted by Gasteiger charge is -2.37. The fraction of sp³-hybridized carbons (Fsp3) is 0.308. The van der Waals surface area contributed by atoms with Crippen molar-refractivity contribution in [3.63, 3.8) is 0 Å². The molecule has 14 heteroatoms. The van der Waals surface area contributed by atoms with Crippen LogP contribution in [0.1, 0.15) is 27.9 Å². The van der Waals surface area contributed by atoms with Crippen molar-refractivity contribution in [1.29, 1.82) is 0 Å². The van der Waals surface area contributed by atoms with E-state index in [2.05, 4.69) is 42.1 Å². The van der Waals surface area contributed by atoms with Gasteiger partial charge in [0.25, 0.3) is 5.91 Å². The summed E-state index contributed by atoms with van der Waals surface area (Å²) in [5.41, 5.74) is 3.29. The number of aryl methyl sites for hydroxylation is 1. The van der Waals surface area contributed by atoms with E-state index in [1.54, 1.807) is 23.1 Å². The van der Waals surface area contributed by atoms with Crippen molar-refractivity contribution in [2.24, 2.45) is 5.92 Å². The van der Waals surface area contributed by atoms with Crippen molar-refractivity contribution in [1.82, 2.24) is 14.8 Å². The molecule has 4 aromatic carbocycles. The summed E-state index contributed by atoms with van der Waals surface area (Å²) in [4.78, 5) is 21.3. The molecule has 5 aromatic rings. The maximum absolute atomic E-state index is 15.0. The Bertz CT molecular complexity index is 2010. The van der Waals surface area contributed by atoms with Crippen LogP contribution in [0.25, 0.3) is 0 Å². The van der Waals surface area contributed by atoms with Crippen LogP contribution >= 0.6 is 0 Å². The second kappa shape index (κ2) is 15.5. The fourth-order valence-corrected chi connectivity index (χ4v) is 6.96. The van der Waals surface area contributed by atoms with E-state index in [0.717, 1.165) is 54.9 Å². The Labute approximate surface area is 303 Å². The minimum atomic E-state index is -2.91. The van der Waals surface area contributed by atoms with Crippen LogP contribution < -0.4 is 24.6 Å². The van der Waals surface area contributed by atoms with Gasteiger partial charge in [0.2, 0.25) is 0 Å². The van der Waals surface area contributed by atoms with Gasteiger partial charge in [0.15, 0.2) is 0 Å². The summed E-state index contributed by atoms with van der Waals surface area (Å²) in [6.07, 6.45) is 3.42. The molecule has 276 valence electrons. The third kappa shape index (κ3) is 8.38. The van der Waals surface area contributed by atoms with Gasteiger partial charge in [0, 0.05) is 66.4 Å². The SMILES string of the molecule is Cc1cc(N2CCN(c3ccc(C(=O)Nc4ccc(OC(F)F)cc4)cc3)CC2)ccc1OC[C@@H]1CO[C@@](Cn2cncn2)(c2ccc(F)cc2F)C1. The van der Waals surface area contributed by atoms with Crippen molar-refractivity contribution in [2.75, 3.05) is 54.5 Å². The first-order chi connectivity index (χ1) is 25.6. The van der Waals surface area contributed by atoms with Gasteiger partial charge in [-0.2, -0.15) is 13.9 Å². The molecule has 0 saturated carbocycles. The van der Waals surface area contributed by atoms with Crippen molar-refractivity contribution in [3.8, 4) is 11.5 Å². The topological polar surface area (TPSA) is 94.0 Å². The maximum Gasteiger partial charge on any atom is 0.387 e. The number of alkyl halides is 2. The summed E-state index contributed by atoms with van der Waals surface area (Å²) >= 11 is 0. The summed E-state index contributed by atoms with van der Waals surface area (Å²) < 4.78 is 72.0. The van der Waals surface area contributed by atoms with Crippen LogP contribution in [0.2, 0.25) is 0 Å². The average molecular weight is 731 g/mol. The molecule has 2 aliphatic rings. The highest BCUT2D eigenvalue weighted by molar-refractivity contribution is 6.04. The number of piperazine rings is 1. The van der Waals surface area contributed by atoms with Crippen molar-refractivity contribution < 1.29 is 36.6 Å². The van der Waals surface area contributed by atoms with Gasteiger partial charge in [0.05, 0.1) is 19.8 Å². The van der Waals surface area contributed by atoms with Crippen molar-refractivity contribution >= 4 is 23.0 Å². The Morgan fingerprint density at radius 3 is 2.32 bits per heavy atom. The lowest BCUT2D eigenvalue weighted by molar-refractivity contribution is -0.0498. The smallest absolute Gasteiger partial charge is 0.387 e. The zero-order valence-corrected chi connectivity index (χ0v) is 28.9. The third-order valence-corrected chi connectivity index (χ3v) is 9.63. The molecule has 3 heterocycles. The monoisotopic (exact) mass is 730 g/mol. The first-order valence-corrected chi connectivity index (χ1v) is 17.3. The van der Waals surface area contributed by atoms with Gasteiger partial charge in [-0.25, -0.2) is 18.4 Å². The Morgan fingerprint density at radius 2 is 1.66 bits per heavy atom. The molecule has 2 atom stereocenters. The minimum absolute atomic E-state index is 0.0173. The molecule has 0 bridgehead atoms. The number of carbonyl (C=O) groups excluding carboxylic acids is 1. The first-order valence-electron chi connectivity index (χ1n) is 17.3. The summed E-state index contributed by atoms with van der Waals surface area (Å²) in [5, 5.41) is 6.95. The number of hydrogen-bond acceptors (Lipinski definition) is 8. The molecule has 1 amide bonds. The number of carbonyl (C=O) groups is 1. The highest BCUT2D eigenvalue weighted by Crippen LogP contribution is 2.42. The van der Waals surface area contributed by atoms with E-state index in [0.29, 0.717) is 30.9 Å². The Hall–Kier alpha value is -5.63. The first kappa shape index (κ1) is 35.8. The number of hydrogen-bond donors (Lipinski definition) is 1. The Balaban J connectivity index is 0.909. The molecule has 2 saturated heterocycles. The number of aromatic nitrogens is 3. The number of nitrogens with one attached hydrogen (secondary N) is 1. The van der Waals surface area contributed by atoms with E-state index in [9.17, 15) is 18.0 Å². The van der Waals surface area contributed by atoms with E-state index < -0.39 is 23.8 Å².